The largest absolute Gasteiger partial charge is 0.169 e. The van der Waals surface area contributed by atoms with E-state index in [1.54, 1.807) is 0 Å². The first-order valence-electron chi connectivity index (χ1n) is 4.28. The van der Waals surface area contributed by atoms with Gasteiger partial charge in [0.1, 0.15) is 0 Å². The van der Waals surface area contributed by atoms with Gasteiger partial charge in [-0.15, -0.1) is 13.2 Å². The highest BCUT2D eigenvalue weighted by molar-refractivity contribution is 7.22. The maximum atomic E-state index is 6.61. The Morgan fingerprint density at radius 2 is 1.50 bits per heavy atom. The molecule has 0 rings (SSSR count). The van der Waals surface area contributed by atoms with E-state index in [0.29, 0.717) is 0 Å². The van der Waals surface area contributed by atoms with Gasteiger partial charge in [-0.25, -0.2) is 0 Å². The lowest BCUT2D eigenvalue weighted by Gasteiger charge is -2.35. The van der Waals surface area contributed by atoms with Gasteiger partial charge < -0.3 is 0 Å². The molecular weight excluding hydrogens is 184 g/mol. The van der Waals surface area contributed by atoms with Crippen LogP contribution in [-0.4, -0.2) is 7.38 Å². The Morgan fingerprint density at radius 3 is 1.67 bits per heavy atom. The summed E-state index contributed by atoms with van der Waals surface area (Å²) in [6.45, 7) is 14.1. The quantitative estimate of drug-likeness (QED) is 0.362. The molecular formula is C10H19ClSi. The fourth-order valence-electron chi connectivity index (χ4n) is 1.15. The van der Waals surface area contributed by atoms with Crippen LogP contribution in [0.4, 0.5) is 0 Å². The van der Waals surface area contributed by atoms with Crippen LogP contribution >= 0.6 is 11.1 Å². The van der Waals surface area contributed by atoms with Crippen molar-refractivity contribution in [1.82, 2.24) is 0 Å². The Balaban J connectivity index is 4.59. The standard InChI is InChI=1S/C10H19ClSi/c1-6-8-12(11,9-7-2)10(3,4)5/h6-7H,1-2,8-9H2,3-5H3. The maximum Gasteiger partial charge on any atom is 0.169 e. The molecule has 12 heavy (non-hydrogen) atoms. The zero-order valence-electron chi connectivity index (χ0n) is 8.36. The average Bonchev–Trinajstić information content (AvgIpc) is 1.86. The third-order valence-corrected chi connectivity index (χ3v) is 9.47. The average molecular weight is 203 g/mol. The molecule has 0 nitrogen and oxygen atoms in total. The van der Waals surface area contributed by atoms with E-state index in [-0.39, 0.29) is 5.04 Å². The summed E-state index contributed by atoms with van der Waals surface area (Å²) in [7, 11) is -1.71. The van der Waals surface area contributed by atoms with Crippen LogP contribution < -0.4 is 0 Å². The Morgan fingerprint density at radius 1 is 1.17 bits per heavy atom. The lowest BCUT2D eigenvalue weighted by atomic mass is 10.2. The van der Waals surface area contributed by atoms with Gasteiger partial charge in [-0.05, 0) is 17.1 Å². The molecule has 0 aromatic carbocycles. The molecule has 0 saturated carbocycles. The summed E-state index contributed by atoms with van der Waals surface area (Å²) in [4.78, 5) is 0. The van der Waals surface area contributed by atoms with E-state index in [9.17, 15) is 0 Å². The van der Waals surface area contributed by atoms with Gasteiger partial charge in [0, 0.05) is 0 Å². The molecule has 0 aromatic heterocycles. The predicted octanol–water partition coefficient (Wildman–Crippen LogP) is 4.34. The highest BCUT2D eigenvalue weighted by Gasteiger charge is 2.40. The second-order valence-corrected chi connectivity index (χ2v) is 10.6. The van der Waals surface area contributed by atoms with E-state index in [2.05, 4.69) is 33.9 Å². The Labute approximate surface area is 82.0 Å². The topological polar surface area (TPSA) is 0 Å². The summed E-state index contributed by atoms with van der Waals surface area (Å²) < 4.78 is 0. The summed E-state index contributed by atoms with van der Waals surface area (Å²) in [5.74, 6) is 0. The van der Waals surface area contributed by atoms with Gasteiger partial charge in [-0.3, -0.25) is 0 Å². The Kier molecular flexibility index (Phi) is 4.28. The first-order valence-corrected chi connectivity index (χ1v) is 7.71. The van der Waals surface area contributed by atoms with Crippen LogP contribution in [-0.2, 0) is 0 Å². The Bertz CT molecular complexity index is 157. The van der Waals surface area contributed by atoms with E-state index in [0.717, 1.165) is 12.1 Å². The van der Waals surface area contributed by atoms with E-state index < -0.39 is 7.38 Å². The zero-order chi connectivity index (χ0) is 9.83. The fourth-order valence-corrected chi connectivity index (χ4v) is 4.11. The van der Waals surface area contributed by atoms with E-state index in [1.807, 2.05) is 12.2 Å². The van der Waals surface area contributed by atoms with Crippen LogP contribution in [0.1, 0.15) is 20.8 Å². The third kappa shape index (κ3) is 2.80. The van der Waals surface area contributed by atoms with Crippen molar-refractivity contribution in [3.05, 3.63) is 25.3 Å². The van der Waals surface area contributed by atoms with Gasteiger partial charge in [0.25, 0.3) is 0 Å². The number of allylic oxidation sites excluding steroid dienone is 2. The first-order chi connectivity index (χ1) is 5.37. The molecule has 0 amide bonds. The van der Waals surface area contributed by atoms with Crippen LogP contribution in [0.5, 0.6) is 0 Å². The van der Waals surface area contributed by atoms with Gasteiger partial charge in [0.2, 0.25) is 0 Å². The molecule has 0 aromatic rings. The Hall–Kier alpha value is -0.0131. The van der Waals surface area contributed by atoms with E-state index in [4.69, 9.17) is 11.1 Å². The van der Waals surface area contributed by atoms with Crippen LogP contribution in [0, 0.1) is 0 Å². The molecule has 2 heteroatoms. The van der Waals surface area contributed by atoms with Crippen LogP contribution in [0.15, 0.2) is 25.3 Å². The molecule has 0 atom stereocenters. The molecule has 0 N–H and O–H groups in total. The molecule has 70 valence electrons. The number of rotatable bonds is 4. The SMILES string of the molecule is C=CC[Si](Cl)(CC=C)C(C)(C)C. The normalized spacial score (nSPS) is 12.7. The van der Waals surface area contributed by atoms with E-state index in [1.165, 1.54) is 0 Å². The molecule has 0 unspecified atom stereocenters. The van der Waals surface area contributed by atoms with Crippen molar-refractivity contribution in [3.8, 4) is 0 Å². The second kappa shape index (κ2) is 4.29. The number of hydrogen-bond acceptors (Lipinski definition) is 0. The first kappa shape index (κ1) is 12.0. The lowest BCUT2D eigenvalue weighted by Crippen LogP contribution is -2.36. The number of halogens is 1. The van der Waals surface area contributed by atoms with Crippen molar-refractivity contribution < 1.29 is 0 Å². The maximum absolute atomic E-state index is 6.61. The van der Waals surface area contributed by atoms with Gasteiger partial charge in [-0.1, -0.05) is 32.9 Å². The smallest absolute Gasteiger partial charge is 0.166 e. The van der Waals surface area contributed by atoms with Gasteiger partial charge in [0.05, 0.1) is 0 Å². The van der Waals surface area contributed by atoms with Crippen LogP contribution in [0.2, 0.25) is 17.1 Å². The highest BCUT2D eigenvalue weighted by Crippen LogP contribution is 2.44. The van der Waals surface area contributed by atoms with Gasteiger partial charge in [0.15, 0.2) is 7.38 Å². The summed E-state index contributed by atoms with van der Waals surface area (Å²) in [5, 5.41) is 0.219. The third-order valence-electron chi connectivity index (χ3n) is 2.28. The summed E-state index contributed by atoms with van der Waals surface area (Å²) in [6, 6.07) is 1.92. The minimum atomic E-state index is -1.71. The molecule has 0 aliphatic carbocycles. The molecule has 0 heterocycles. The zero-order valence-corrected chi connectivity index (χ0v) is 10.1. The van der Waals surface area contributed by atoms with Gasteiger partial charge in [-0.2, -0.15) is 11.1 Å². The molecule has 0 fully saturated rings. The molecule has 0 aliphatic rings. The fraction of sp³-hybridized carbons (Fsp3) is 0.600. The molecule has 0 radical (unpaired) electrons. The number of hydrogen-bond donors (Lipinski definition) is 0. The second-order valence-electron chi connectivity index (χ2n) is 4.20. The molecule has 0 bridgehead atoms. The predicted molar refractivity (Wildman–Crippen MR) is 61.3 cm³/mol. The van der Waals surface area contributed by atoms with Gasteiger partial charge >= 0.3 is 0 Å². The van der Waals surface area contributed by atoms with Crippen molar-refractivity contribution in [2.45, 2.75) is 37.9 Å². The summed E-state index contributed by atoms with van der Waals surface area (Å²) >= 11 is 6.61. The summed E-state index contributed by atoms with van der Waals surface area (Å²) in [6.07, 6.45) is 3.88. The van der Waals surface area contributed by atoms with Crippen molar-refractivity contribution in [3.63, 3.8) is 0 Å². The van der Waals surface area contributed by atoms with Crippen LogP contribution in [0.3, 0.4) is 0 Å². The van der Waals surface area contributed by atoms with Crippen molar-refractivity contribution in [2.75, 3.05) is 0 Å². The molecule has 0 saturated heterocycles. The highest BCUT2D eigenvalue weighted by atomic mass is 35.6. The van der Waals surface area contributed by atoms with Crippen molar-refractivity contribution in [2.24, 2.45) is 0 Å². The minimum absolute atomic E-state index is 0.219. The molecule has 0 aliphatic heterocycles. The van der Waals surface area contributed by atoms with E-state index >= 15 is 0 Å². The van der Waals surface area contributed by atoms with Crippen molar-refractivity contribution in [1.29, 1.82) is 0 Å². The van der Waals surface area contributed by atoms with Crippen LogP contribution in [0.25, 0.3) is 0 Å². The minimum Gasteiger partial charge on any atom is -0.166 e. The summed E-state index contributed by atoms with van der Waals surface area (Å²) in [5.41, 5.74) is 0. The lowest BCUT2D eigenvalue weighted by molar-refractivity contribution is 0.727. The monoisotopic (exact) mass is 202 g/mol. The molecule has 0 spiro atoms. The van der Waals surface area contributed by atoms with Crippen molar-refractivity contribution >= 4 is 18.5 Å².